The van der Waals surface area contributed by atoms with Gasteiger partial charge in [-0.05, 0) is 41.0 Å². The Hall–Kier alpha value is -4.31. The van der Waals surface area contributed by atoms with Crippen LogP contribution in [0.5, 0.6) is 11.5 Å². The molecule has 5 aromatic carbocycles. The van der Waals surface area contributed by atoms with Crippen molar-refractivity contribution >= 4 is 7.82 Å². The highest BCUT2D eigenvalue weighted by atomic mass is 31.2. The Morgan fingerprint density at radius 1 is 0.510 bits per heavy atom. The predicted molar refractivity (Wildman–Crippen MR) is 184 cm³/mol. The number of hydrogen-bond donors (Lipinski definition) is 1. The van der Waals surface area contributed by atoms with Crippen LogP contribution in [0, 0.1) is 0 Å². The highest BCUT2D eigenvalue weighted by Gasteiger charge is 2.49. The van der Waals surface area contributed by atoms with E-state index in [1.54, 1.807) is 48.5 Å². The molecule has 1 aliphatic rings. The maximum Gasteiger partial charge on any atom is 0.587 e. The first kappa shape index (κ1) is 34.5. The second-order valence-corrected chi connectivity index (χ2v) is 12.9. The Morgan fingerprint density at radius 2 is 0.878 bits per heavy atom. The second-order valence-electron chi connectivity index (χ2n) is 11.4. The van der Waals surface area contributed by atoms with Gasteiger partial charge in [-0.25, -0.2) is 4.57 Å². The summed E-state index contributed by atoms with van der Waals surface area (Å²) in [4.78, 5) is 0. The zero-order valence-corrected chi connectivity index (χ0v) is 27.7. The average molecular weight is 683 g/mol. The Balaban J connectivity index is 1.28. The fraction of sp³-hybridized carbons (Fsp3) is 0.231. The minimum Gasteiger partial charge on any atom is -0.395 e. The number of rotatable bonds is 16. The molecule has 254 valence electrons. The summed E-state index contributed by atoms with van der Waals surface area (Å²) in [5.41, 5.74) is 2.76. The van der Waals surface area contributed by atoms with Crippen LogP contribution in [0.4, 0.5) is 0 Å². The molecular weight excluding hydrogens is 643 g/mol. The van der Waals surface area contributed by atoms with Gasteiger partial charge in [-0.2, -0.15) is 0 Å². The highest BCUT2D eigenvalue weighted by molar-refractivity contribution is 7.49. The number of para-hydroxylation sites is 2. The molecular formula is C39H39O9P. The lowest BCUT2D eigenvalue weighted by atomic mass is 9.98. The van der Waals surface area contributed by atoms with Crippen LogP contribution in [0.1, 0.15) is 16.7 Å². The quantitative estimate of drug-likeness (QED) is 0.105. The van der Waals surface area contributed by atoms with Gasteiger partial charge in [0.1, 0.15) is 35.9 Å². The van der Waals surface area contributed by atoms with Crippen LogP contribution >= 0.6 is 7.82 Å². The SMILES string of the molecule is O=P(OC[C@H]1OC(O)[C@@H](OCc2ccccc2)[C@H](OCc2ccccc2)[C@@H]1OCc1ccccc1)(Oc1ccccc1)Oc1ccccc1. The van der Waals surface area contributed by atoms with Crippen LogP contribution in [-0.2, 0) is 47.9 Å². The van der Waals surface area contributed by atoms with Crippen LogP contribution in [0.15, 0.2) is 152 Å². The summed E-state index contributed by atoms with van der Waals surface area (Å²) in [6, 6.07) is 46.2. The molecule has 0 radical (unpaired) electrons. The fourth-order valence-electron chi connectivity index (χ4n) is 5.35. The number of ether oxygens (including phenoxy) is 4. The van der Waals surface area contributed by atoms with Crippen molar-refractivity contribution in [1.29, 1.82) is 0 Å². The molecule has 0 spiro atoms. The van der Waals surface area contributed by atoms with Crippen molar-refractivity contribution in [3.63, 3.8) is 0 Å². The Morgan fingerprint density at radius 3 is 1.31 bits per heavy atom. The molecule has 1 N–H and O–H groups in total. The Bertz CT molecular complexity index is 1670. The van der Waals surface area contributed by atoms with Gasteiger partial charge in [0.05, 0.1) is 26.4 Å². The average Bonchev–Trinajstić information content (AvgIpc) is 3.14. The third-order valence-corrected chi connectivity index (χ3v) is 9.12. The molecule has 0 saturated carbocycles. The van der Waals surface area contributed by atoms with E-state index in [1.807, 2.05) is 103 Å². The molecule has 1 unspecified atom stereocenters. The zero-order valence-electron chi connectivity index (χ0n) is 26.8. The van der Waals surface area contributed by atoms with Crippen LogP contribution < -0.4 is 9.05 Å². The molecule has 5 atom stereocenters. The molecule has 9 nitrogen and oxygen atoms in total. The maximum atomic E-state index is 14.2. The number of aliphatic hydroxyl groups excluding tert-OH is 1. The summed E-state index contributed by atoms with van der Waals surface area (Å²) in [6.07, 6.45) is -5.00. The molecule has 1 heterocycles. The second kappa shape index (κ2) is 17.4. The van der Waals surface area contributed by atoms with E-state index in [4.69, 9.17) is 32.5 Å². The lowest BCUT2D eigenvalue weighted by Gasteiger charge is -2.44. The zero-order chi connectivity index (χ0) is 33.7. The molecule has 0 aliphatic carbocycles. The van der Waals surface area contributed by atoms with Gasteiger partial charge < -0.3 is 33.1 Å². The molecule has 49 heavy (non-hydrogen) atoms. The van der Waals surface area contributed by atoms with E-state index in [0.717, 1.165) is 16.7 Å². The molecule has 10 heteroatoms. The third-order valence-electron chi connectivity index (χ3n) is 7.78. The van der Waals surface area contributed by atoms with Crippen LogP contribution in [0.25, 0.3) is 0 Å². The summed E-state index contributed by atoms with van der Waals surface area (Å²) in [6.45, 7) is 0.296. The first-order valence-corrected chi connectivity index (χ1v) is 17.5. The van der Waals surface area contributed by atoms with E-state index < -0.39 is 38.5 Å². The van der Waals surface area contributed by atoms with Crippen molar-refractivity contribution in [2.45, 2.75) is 50.5 Å². The maximum absolute atomic E-state index is 14.2. The van der Waals surface area contributed by atoms with E-state index in [9.17, 15) is 9.67 Å². The van der Waals surface area contributed by atoms with E-state index in [0.29, 0.717) is 11.5 Å². The van der Waals surface area contributed by atoms with Crippen molar-refractivity contribution in [2.24, 2.45) is 0 Å². The van der Waals surface area contributed by atoms with Crippen molar-refractivity contribution in [1.82, 2.24) is 0 Å². The predicted octanol–water partition coefficient (Wildman–Crippen LogP) is 7.74. The van der Waals surface area contributed by atoms with E-state index in [-0.39, 0.29) is 26.4 Å². The summed E-state index contributed by atoms with van der Waals surface area (Å²) in [5, 5.41) is 11.4. The topological polar surface area (TPSA) is 102 Å². The first-order valence-electron chi connectivity index (χ1n) is 16.1. The monoisotopic (exact) mass is 682 g/mol. The molecule has 6 rings (SSSR count). The van der Waals surface area contributed by atoms with E-state index >= 15 is 0 Å². The summed E-state index contributed by atoms with van der Waals surface area (Å²) in [5.74, 6) is 0.586. The smallest absolute Gasteiger partial charge is 0.395 e. The first-order chi connectivity index (χ1) is 24.0. The van der Waals surface area contributed by atoms with Crippen LogP contribution in [-0.4, -0.2) is 42.4 Å². The van der Waals surface area contributed by atoms with E-state index in [2.05, 4.69) is 0 Å². The third kappa shape index (κ3) is 10.1. The van der Waals surface area contributed by atoms with Gasteiger partial charge in [-0.1, -0.05) is 127 Å². The number of aliphatic hydroxyl groups is 1. The van der Waals surface area contributed by atoms with Crippen molar-refractivity contribution in [3.8, 4) is 11.5 Å². The number of benzene rings is 5. The molecule has 0 amide bonds. The van der Waals surface area contributed by atoms with Gasteiger partial charge in [0.25, 0.3) is 0 Å². The molecule has 5 aromatic rings. The summed E-state index contributed by atoms with van der Waals surface area (Å²) >= 11 is 0. The van der Waals surface area contributed by atoms with Gasteiger partial charge in [0, 0.05) is 0 Å². The van der Waals surface area contributed by atoms with Gasteiger partial charge in [0.15, 0.2) is 6.29 Å². The molecule has 1 saturated heterocycles. The van der Waals surface area contributed by atoms with Crippen LogP contribution in [0.3, 0.4) is 0 Å². The fourth-order valence-corrected chi connectivity index (χ4v) is 6.59. The number of phosphoric acid groups is 1. The highest BCUT2D eigenvalue weighted by Crippen LogP contribution is 2.50. The van der Waals surface area contributed by atoms with Gasteiger partial charge in [-0.3, -0.25) is 4.52 Å². The number of hydrogen-bond acceptors (Lipinski definition) is 9. The largest absolute Gasteiger partial charge is 0.587 e. The van der Waals surface area contributed by atoms with Crippen molar-refractivity contribution < 1.29 is 42.2 Å². The lowest BCUT2D eigenvalue weighted by molar-refractivity contribution is -0.314. The van der Waals surface area contributed by atoms with E-state index in [1.165, 1.54) is 0 Å². The standard InChI is InChI=1S/C39H39O9P/c40-39-38(44-28-32-20-10-3-11-21-32)37(43-27-31-18-8-2-9-19-31)36(42-26-30-16-6-1-7-17-30)35(46-39)29-45-49(41,47-33-22-12-4-13-23-33)48-34-24-14-5-15-25-34/h1-25,35-40H,26-29H2/t35-,36-,37-,38+,39?/m1/s1. The lowest BCUT2D eigenvalue weighted by Crippen LogP contribution is -2.61. The van der Waals surface area contributed by atoms with Crippen molar-refractivity contribution in [2.75, 3.05) is 6.61 Å². The minimum absolute atomic E-state index is 0.203. The molecule has 1 fully saturated rings. The Kier molecular flexibility index (Phi) is 12.3. The number of phosphoric ester groups is 1. The Labute approximate surface area is 286 Å². The minimum atomic E-state index is -4.29. The van der Waals surface area contributed by atoms with Gasteiger partial charge in [-0.15, -0.1) is 0 Å². The summed E-state index contributed by atoms with van der Waals surface area (Å²) < 4.78 is 57.3. The molecule has 0 aromatic heterocycles. The van der Waals surface area contributed by atoms with Gasteiger partial charge in [0.2, 0.25) is 0 Å². The van der Waals surface area contributed by atoms with Crippen LogP contribution in [0.2, 0.25) is 0 Å². The molecule has 0 bridgehead atoms. The van der Waals surface area contributed by atoms with Crippen molar-refractivity contribution in [3.05, 3.63) is 168 Å². The normalized spacial score (nSPS) is 20.8. The molecule has 1 aliphatic heterocycles. The van der Waals surface area contributed by atoms with Gasteiger partial charge >= 0.3 is 7.82 Å². The summed E-state index contributed by atoms with van der Waals surface area (Å²) in [7, 11) is -4.29.